The molecule has 1 aromatic carbocycles. The van der Waals surface area contributed by atoms with E-state index in [0.29, 0.717) is 11.3 Å². The van der Waals surface area contributed by atoms with Crippen LogP contribution in [-0.2, 0) is 7.05 Å². The number of aromatic nitrogens is 4. The van der Waals surface area contributed by atoms with Crippen molar-refractivity contribution in [3.8, 4) is 11.4 Å². The number of rotatable bonds is 4. The number of benzene rings is 1. The number of aryl methyl sites for hydroxylation is 2. The van der Waals surface area contributed by atoms with Crippen molar-refractivity contribution in [2.75, 3.05) is 0 Å². The van der Waals surface area contributed by atoms with Crippen LogP contribution in [0.3, 0.4) is 0 Å². The minimum Gasteiger partial charge on any atom is -0.345 e. The zero-order valence-electron chi connectivity index (χ0n) is 17.0. The van der Waals surface area contributed by atoms with Gasteiger partial charge in [-0.05, 0) is 51.1 Å². The van der Waals surface area contributed by atoms with Crippen LogP contribution in [0.4, 0.5) is 0 Å². The van der Waals surface area contributed by atoms with Crippen LogP contribution in [-0.4, -0.2) is 25.7 Å². The lowest BCUT2D eigenvalue weighted by atomic mass is 10.0. The largest absolute Gasteiger partial charge is 0.345 e. The molecule has 0 fully saturated rings. The van der Waals surface area contributed by atoms with E-state index in [1.165, 1.54) is 0 Å². The zero-order chi connectivity index (χ0) is 20.5. The summed E-state index contributed by atoms with van der Waals surface area (Å²) in [5.74, 6) is -0.143. The number of pyridine rings is 2. The summed E-state index contributed by atoms with van der Waals surface area (Å²) in [7, 11) is 1.89. The van der Waals surface area contributed by atoms with E-state index in [9.17, 15) is 4.79 Å². The number of amides is 1. The number of hydrogen-bond acceptors (Lipinski definition) is 4. The average molecular weight is 385 g/mol. The first-order chi connectivity index (χ1) is 13.9. The fraction of sp³-hybridized carbons (Fsp3) is 0.217. The molecule has 0 aliphatic heterocycles. The highest BCUT2D eigenvalue weighted by Gasteiger charge is 2.19. The van der Waals surface area contributed by atoms with Crippen LogP contribution in [0.2, 0.25) is 0 Å². The van der Waals surface area contributed by atoms with Gasteiger partial charge in [0.15, 0.2) is 0 Å². The van der Waals surface area contributed by atoms with Crippen molar-refractivity contribution >= 4 is 16.8 Å². The molecule has 0 saturated carbocycles. The van der Waals surface area contributed by atoms with Gasteiger partial charge < -0.3 is 5.32 Å². The lowest BCUT2D eigenvalue weighted by Gasteiger charge is -2.16. The fourth-order valence-corrected chi connectivity index (χ4v) is 3.47. The summed E-state index contributed by atoms with van der Waals surface area (Å²) in [6, 6.07) is 13.3. The van der Waals surface area contributed by atoms with Crippen LogP contribution in [0.25, 0.3) is 22.3 Å². The molecule has 0 radical (unpaired) electrons. The molecule has 3 heterocycles. The molecule has 0 spiro atoms. The Balaban J connectivity index is 1.77. The van der Waals surface area contributed by atoms with Crippen molar-refractivity contribution in [2.45, 2.75) is 26.8 Å². The molecule has 146 valence electrons. The molecular formula is C23H23N5O. The fourth-order valence-electron chi connectivity index (χ4n) is 3.47. The second kappa shape index (κ2) is 7.47. The second-order valence-electron chi connectivity index (χ2n) is 7.29. The Kier molecular flexibility index (Phi) is 4.84. The summed E-state index contributed by atoms with van der Waals surface area (Å²) in [6.45, 7) is 5.97. The van der Waals surface area contributed by atoms with Crippen molar-refractivity contribution in [3.63, 3.8) is 0 Å². The summed E-state index contributed by atoms with van der Waals surface area (Å²) in [5, 5.41) is 8.23. The molecule has 6 nitrogen and oxygen atoms in total. The summed E-state index contributed by atoms with van der Waals surface area (Å²) in [5.41, 5.74) is 5.89. The van der Waals surface area contributed by atoms with Gasteiger partial charge in [0.2, 0.25) is 0 Å². The van der Waals surface area contributed by atoms with Gasteiger partial charge in [-0.15, -0.1) is 0 Å². The molecule has 0 saturated heterocycles. The highest BCUT2D eigenvalue weighted by atomic mass is 16.1. The monoisotopic (exact) mass is 385 g/mol. The lowest BCUT2D eigenvalue weighted by molar-refractivity contribution is 0.0941. The van der Waals surface area contributed by atoms with Gasteiger partial charge in [-0.2, -0.15) is 5.10 Å². The molecule has 0 aliphatic rings. The van der Waals surface area contributed by atoms with E-state index < -0.39 is 0 Å². The number of hydrogen-bond donors (Lipinski definition) is 1. The quantitative estimate of drug-likeness (QED) is 0.573. The molecule has 6 heteroatoms. The maximum absolute atomic E-state index is 13.3. The Morgan fingerprint density at radius 2 is 1.93 bits per heavy atom. The van der Waals surface area contributed by atoms with E-state index in [4.69, 9.17) is 4.98 Å². The van der Waals surface area contributed by atoms with Crippen molar-refractivity contribution < 1.29 is 4.79 Å². The lowest BCUT2D eigenvalue weighted by Crippen LogP contribution is -2.27. The predicted molar refractivity (Wildman–Crippen MR) is 114 cm³/mol. The average Bonchev–Trinajstić information content (AvgIpc) is 3.06. The predicted octanol–water partition coefficient (Wildman–Crippen LogP) is 4.14. The first kappa shape index (κ1) is 18.8. The summed E-state index contributed by atoms with van der Waals surface area (Å²) in [4.78, 5) is 22.4. The number of nitrogens with zero attached hydrogens (tertiary/aromatic N) is 4. The molecule has 4 rings (SSSR count). The highest BCUT2D eigenvalue weighted by molar-refractivity contribution is 6.07. The Bertz CT molecular complexity index is 1200. The standard InChI is InChI=1S/C23H23N5O/c1-14-8-9-20-17(11-14)18(12-22(27-20)21-7-5-6-10-24-21)23(29)26-15(2)19-13-25-28(4)16(19)3/h5-13,15H,1-4H3,(H,26,29)/t15-/m1/s1. The molecule has 0 bridgehead atoms. The molecule has 1 N–H and O–H groups in total. The van der Waals surface area contributed by atoms with E-state index in [1.807, 2.05) is 75.0 Å². The van der Waals surface area contributed by atoms with E-state index in [2.05, 4.69) is 15.4 Å². The first-order valence-corrected chi connectivity index (χ1v) is 9.56. The summed E-state index contributed by atoms with van der Waals surface area (Å²) >= 11 is 0. The highest BCUT2D eigenvalue weighted by Crippen LogP contribution is 2.26. The molecule has 0 unspecified atom stereocenters. The SMILES string of the molecule is Cc1ccc2nc(-c3ccccn3)cc(C(=O)N[C@H](C)c3cnn(C)c3C)c2c1. The molecule has 0 aliphatic carbocycles. The minimum atomic E-state index is -0.164. The minimum absolute atomic E-state index is 0.143. The topological polar surface area (TPSA) is 72.7 Å². The number of carbonyl (C=O) groups excluding carboxylic acids is 1. The van der Waals surface area contributed by atoms with Gasteiger partial charge >= 0.3 is 0 Å². The third kappa shape index (κ3) is 3.61. The van der Waals surface area contributed by atoms with Crippen LogP contribution in [0, 0.1) is 13.8 Å². The van der Waals surface area contributed by atoms with E-state index >= 15 is 0 Å². The van der Waals surface area contributed by atoms with Crippen molar-refractivity contribution in [2.24, 2.45) is 7.05 Å². The van der Waals surface area contributed by atoms with E-state index in [-0.39, 0.29) is 11.9 Å². The van der Waals surface area contributed by atoms with Crippen LogP contribution in [0.5, 0.6) is 0 Å². The van der Waals surface area contributed by atoms with Crippen LogP contribution in [0.1, 0.15) is 40.1 Å². The molecule has 4 aromatic rings. The van der Waals surface area contributed by atoms with Crippen molar-refractivity contribution in [1.29, 1.82) is 0 Å². The van der Waals surface area contributed by atoms with E-state index in [0.717, 1.165) is 33.4 Å². The Morgan fingerprint density at radius 3 is 2.62 bits per heavy atom. The molecule has 1 amide bonds. The normalized spacial score (nSPS) is 12.1. The van der Waals surface area contributed by atoms with Crippen LogP contribution < -0.4 is 5.32 Å². The third-order valence-corrected chi connectivity index (χ3v) is 5.22. The van der Waals surface area contributed by atoms with Crippen LogP contribution >= 0.6 is 0 Å². The summed E-state index contributed by atoms with van der Waals surface area (Å²) in [6.07, 6.45) is 3.53. The molecule has 1 atom stereocenters. The van der Waals surface area contributed by atoms with Crippen LogP contribution in [0.15, 0.2) is 54.9 Å². The number of nitrogens with one attached hydrogen (secondary N) is 1. The van der Waals surface area contributed by atoms with E-state index in [1.54, 1.807) is 12.4 Å². The van der Waals surface area contributed by atoms with Gasteiger partial charge in [-0.3, -0.25) is 14.5 Å². The van der Waals surface area contributed by atoms with Gasteiger partial charge in [0.25, 0.3) is 5.91 Å². The second-order valence-corrected chi connectivity index (χ2v) is 7.29. The Morgan fingerprint density at radius 1 is 1.10 bits per heavy atom. The maximum atomic E-state index is 13.3. The van der Waals surface area contributed by atoms with Gasteiger partial charge in [-0.1, -0.05) is 17.7 Å². The van der Waals surface area contributed by atoms with Crippen molar-refractivity contribution in [1.82, 2.24) is 25.1 Å². The third-order valence-electron chi connectivity index (χ3n) is 5.22. The zero-order valence-corrected chi connectivity index (χ0v) is 17.0. The molecule has 3 aromatic heterocycles. The smallest absolute Gasteiger partial charge is 0.252 e. The maximum Gasteiger partial charge on any atom is 0.252 e. The van der Waals surface area contributed by atoms with Gasteiger partial charge in [0, 0.05) is 29.9 Å². The first-order valence-electron chi connectivity index (χ1n) is 9.56. The molecular weight excluding hydrogens is 362 g/mol. The molecule has 29 heavy (non-hydrogen) atoms. The van der Waals surface area contributed by atoms with Gasteiger partial charge in [0.1, 0.15) is 0 Å². The Hall–Kier alpha value is -3.54. The number of fused-ring (bicyclic) bond motifs is 1. The summed E-state index contributed by atoms with van der Waals surface area (Å²) < 4.78 is 1.81. The van der Waals surface area contributed by atoms with Gasteiger partial charge in [-0.25, -0.2) is 4.98 Å². The number of carbonyl (C=O) groups is 1. The van der Waals surface area contributed by atoms with Gasteiger partial charge in [0.05, 0.1) is 34.7 Å². The van der Waals surface area contributed by atoms with Crippen molar-refractivity contribution in [3.05, 3.63) is 77.2 Å². The Labute approximate surface area is 169 Å².